The standard InChI is InChI=1S/C11H12BrN3O3/c1-2-5-13-7-11(16)14-8-3-4-10(15(17)18)9(12)6-8/h2-4,6,13H,1,5,7H2,(H,14,16). The van der Waals surface area contributed by atoms with Gasteiger partial charge in [-0.15, -0.1) is 6.58 Å². The lowest BCUT2D eigenvalue weighted by atomic mass is 10.3. The van der Waals surface area contributed by atoms with Crippen molar-refractivity contribution >= 4 is 33.2 Å². The van der Waals surface area contributed by atoms with Crippen LogP contribution in [0.3, 0.4) is 0 Å². The molecule has 1 rings (SSSR count). The normalized spacial score (nSPS) is 9.83. The molecule has 1 aromatic rings. The van der Waals surface area contributed by atoms with Gasteiger partial charge in [-0.05, 0) is 28.1 Å². The Balaban J connectivity index is 2.63. The number of amides is 1. The van der Waals surface area contributed by atoms with Crippen LogP contribution in [-0.2, 0) is 4.79 Å². The number of carbonyl (C=O) groups is 1. The largest absolute Gasteiger partial charge is 0.325 e. The molecule has 0 atom stereocenters. The fourth-order valence-corrected chi connectivity index (χ4v) is 1.75. The third kappa shape index (κ3) is 4.27. The molecule has 2 N–H and O–H groups in total. The third-order valence-corrected chi connectivity index (χ3v) is 2.64. The number of hydrogen-bond acceptors (Lipinski definition) is 4. The molecule has 0 bridgehead atoms. The molecule has 0 aromatic heterocycles. The molecule has 0 aliphatic heterocycles. The number of anilines is 1. The minimum absolute atomic E-state index is 0.0437. The molecule has 0 saturated heterocycles. The molecule has 0 saturated carbocycles. The van der Waals surface area contributed by atoms with Crippen molar-refractivity contribution in [3.8, 4) is 0 Å². The quantitative estimate of drug-likeness (QED) is 0.364. The highest BCUT2D eigenvalue weighted by molar-refractivity contribution is 9.10. The van der Waals surface area contributed by atoms with Gasteiger partial charge in [0, 0.05) is 18.3 Å². The Morgan fingerprint density at radius 2 is 2.28 bits per heavy atom. The summed E-state index contributed by atoms with van der Waals surface area (Å²) in [5.41, 5.74) is 0.454. The van der Waals surface area contributed by atoms with Crippen molar-refractivity contribution in [1.29, 1.82) is 0 Å². The SMILES string of the molecule is C=CCNCC(=O)Nc1ccc([N+](=O)[O-])c(Br)c1. The summed E-state index contributed by atoms with van der Waals surface area (Å²) in [6.07, 6.45) is 1.65. The van der Waals surface area contributed by atoms with E-state index in [9.17, 15) is 14.9 Å². The van der Waals surface area contributed by atoms with Gasteiger partial charge in [0.25, 0.3) is 5.69 Å². The van der Waals surface area contributed by atoms with Crippen molar-refractivity contribution in [2.45, 2.75) is 0 Å². The van der Waals surface area contributed by atoms with E-state index in [4.69, 9.17) is 0 Å². The van der Waals surface area contributed by atoms with Gasteiger partial charge in [0.1, 0.15) is 0 Å². The van der Waals surface area contributed by atoms with Crippen molar-refractivity contribution in [2.24, 2.45) is 0 Å². The van der Waals surface area contributed by atoms with Gasteiger partial charge in [-0.2, -0.15) is 0 Å². The predicted molar refractivity (Wildman–Crippen MR) is 72.5 cm³/mol. The first kappa shape index (κ1) is 14.3. The first-order valence-corrected chi connectivity index (χ1v) is 5.89. The number of hydrogen-bond donors (Lipinski definition) is 2. The summed E-state index contributed by atoms with van der Waals surface area (Å²) in [5, 5.41) is 16.1. The lowest BCUT2D eigenvalue weighted by molar-refractivity contribution is -0.385. The van der Waals surface area contributed by atoms with E-state index in [1.807, 2.05) is 0 Å². The lowest BCUT2D eigenvalue weighted by Crippen LogP contribution is -2.28. The Kier molecular flexibility index (Phi) is 5.47. The first-order valence-electron chi connectivity index (χ1n) is 5.10. The molecule has 1 aromatic carbocycles. The number of nitrogens with zero attached hydrogens (tertiary/aromatic N) is 1. The van der Waals surface area contributed by atoms with E-state index in [0.29, 0.717) is 16.7 Å². The number of nitrogens with one attached hydrogen (secondary N) is 2. The monoisotopic (exact) mass is 313 g/mol. The maximum Gasteiger partial charge on any atom is 0.283 e. The molecule has 7 heteroatoms. The van der Waals surface area contributed by atoms with E-state index in [0.717, 1.165) is 0 Å². The molecule has 18 heavy (non-hydrogen) atoms. The third-order valence-electron chi connectivity index (χ3n) is 2.00. The molecule has 96 valence electrons. The lowest BCUT2D eigenvalue weighted by Gasteiger charge is -2.06. The Hall–Kier alpha value is -1.73. The molecule has 0 radical (unpaired) electrons. The van der Waals surface area contributed by atoms with Crippen LogP contribution in [0, 0.1) is 10.1 Å². The van der Waals surface area contributed by atoms with Gasteiger partial charge in [-0.25, -0.2) is 0 Å². The number of rotatable bonds is 6. The number of carbonyl (C=O) groups excluding carboxylic acids is 1. The predicted octanol–water partition coefficient (Wildman–Crippen LogP) is 2.07. The molecule has 0 aliphatic rings. The van der Waals surface area contributed by atoms with Gasteiger partial charge < -0.3 is 10.6 Å². The minimum atomic E-state index is -0.499. The van der Waals surface area contributed by atoms with Crippen molar-refractivity contribution in [1.82, 2.24) is 5.32 Å². The van der Waals surface area contributed by atoms with Gasteiger partial charge in [0.2, 0.25) is 5.91 Å². The van der Waals surface area contributed by atoms with Gasteiger partial charge in [-0.1, -0.05) is 6.08 Å². The van der Waals surface area contributed by atoms with Crippen LogP contribution in [0.15, 0.2) is 35.3 Å². The summed E-state index contributed by atoms with van der Waals surface area (Å²) in [6.45, 7) is 4.21. The van der Waals surface area contributed by atoms with Crippen LogP contribution >= 0.6 is 15.9 Å². The van der Waals surface area contributed by atoms with Gasteiger partial charge in [0.15, 0.2) is 0 Å². The summed E-state index contributed by atoms with van der Waals surface area (Å²) in [5.74, 6) is -0.224. The van der Waals surface area contributed by atoms with E-state index >= 15 is 0 Å². The second-order valence-electron chi connectivity index (χ2n) is 3.39. The Labute approximate surface area is 112 Å². The molecule has 0 heterocycles. The molecular formula is C11H12BrN3O3. The molecule has 0 fully saturated rings. The highest BCUT2D eigenvalue weighted by Crippen LogP contribution is 2.27. The van der Waals surface area contributed by atoms with Crippen LogP contribution < -0.4 is 10.6 Å². The van der Waals surface area contributed by atoms with Crippen molar-refractivity contribution in [2.75, 3.05) is 18.4 Å². The second kappa shape index (κ2) is 6.87. The molecule has 6 nitrogen and oxygen atoms in total. The van der Waals surface area contributed by atoms with Gasteiger partial charge >= 0.3 is 0 Å². The topological polar surface area (TPSA) is 84.3 Å². The molecule has 0 unspecified atom stereocenters. The van der Waals surface area contributed by atoms with Gasteiger partial charge in [0.05, 0.1) is 15.9 Å². The Morgan fingerprint density at radius 1 is 1.56 bits per heavy atom. The van der Waals surface area contributed by atoms with E-state index in [1.54, 1.807) is 6.08 Å². The summed E-state index contributed by atoms with van der Waals surface area (Å²) in [7, 11) is 0. The fraction of sp³-hybridized carbons (Fsp3) is 0.182. The molecular weight excluding hydrogens is 302 g/mol. The zero-order chi connectivity index (χ0) is 13.5. The van der Waals surface area contributed by atoms with E-state index in [2.05, 4.69) is 33.1 Å². The maximum atomic E-state index is 11.5. The second-order valence-corrected chi connectivity index (χ2v) is 4.25. The number of nitro benzene ring substituents is 1. The number of halogens is 1. The smallest absolute Gasteiger partial charge is 0.283 e. The van der Waals surface area contributed by atoms with Crippen LogP contribution in [0.5, 0.6) is 0 Å². The Bertz CT molecular complexity index is 477. The highest BCUT2D eigenvalue weighted by atomic mass is 79.9. The highest BCUT2D eigenvalue weighted by Gasteiger charge is 2.12. The number of benzene rings is 1. The summed E-state index contributed by atoms with van der Waals surface area (Å²) in [6, 6.07) is 4.30. The van der Waals surface area contributed by atoms with E-state index < -0.39 is 4.92 Å². The first-order chi connectivity index (χ1) is 8.54. The summed E-state index contributed by atoms with van der Waals surface area (Å²) >= 11 is 3.08. The van der Waals surface area contributed by atoms with Crippen LogP contribution in [-0.4, -0.2) is 23.9 Å². The van der Waals surface area contributed by atoms with Crippen molar-refractivity contribution in [3.05, 3.63) is 45.4 Å². The molecule has 0 spiro atoms. The maximum absolute atomic E-state index is 11.5. The molecule has 0 aliphatic carbocycles. The van der Waals surface area contributed by atoms with E-state index in [-0.39, 0.29) is 18.1 Å². The van der Waals surface area contributed by atoms with Gasteiger partial charge in [-0.3, -0.25) is 14.9 Å². The summed E-state index contributed by atoms with van der Waals surface area (Å²) in [4.78, 5) is 21.6. The van der Waals surface area contributed by atoms with Crippen LogP contribution in [0.2, 0.25) is 0 Å². The van der Waals surface area contributed by atoms with Crippen molar-refractivity contribution < 1.29 is 9.72 Å². The zero-order valence-electron chi connectivity index (χ0n) is 9.48. The average Bonchev–Trinajstić information content (AvgIpc) is 2.28. The summed E-state index contributed by atoms with van der Waals surface area (Å²) < 4.78 is 0.323. The average molecular weight is 314 g/mol. The molecule has 1 amide bonds. The Morgan fingerprint density at radius 3 is 2.83 bits per heavy atom. The van der Waals surface area contributed by atoms with E-state index in [1.165, 1.54) is 18.2 Å². The fourth-order valence-electron chi connectivity index (χ4n) is 1.23. The van der Waals surface area contributed by atoms with Crippen LogP contribution in [0.4, 0.5) is 11.4 Å². The number of nitro groups is 1. The van der Waals surface area contributed by atoms with Crippen LogP contribution in [0.25, 0.3) is 0 Å². The van der Waals surface area contributed by atoms with Crippen molar-refractivity contribution in [3.63, 3.8) is 0 Å². The minimum Gasteiger partial charge on any atom is -0.325 e. The van der Waals surface area contributed by atoms with Crippen LogP contribution in [0.1, 0.15) is 0 Å². The zero-order valence-corrected chi connectivity index (χ0v) is 11.1.